The average molecular weight is 426 g/mol. The summed E-state index contributed by atoms with van der Waals surface area (Å²) >= 11 is 0. The van der Waals surface area contributed by atoms with E-state index in [0.29, 0.717) is 11.1 Å². The van der Waals surface area contributed by atoms with Gasteiger partial charge < -0.3 is 10.2 Å². The van der Waals surface area contributed by atoms with E-state index >= 15 is 0 Å². The molecule has 0 aromatic heterocycles. The maximum atomic E-state index is 12.0. The number of rotatable bonds is 4. The Morgan fingerprint density at radius 3 is 1.47 bits per heavy atom. The Balaban J connectivity index is 1.42. The summed E-state index contributed by atoms with van der Waals surface area (Å²) in [6, 6.07) is 21.3. The van der Waals surface area contributed by atoms with Gasteiger partial charge in [-0.15, -0.1) is 0 Å². The molecular weight excluding hydrogens is 408 g/mol. The summed E-state index contributed by atoms with van der Waals surface area (Å²) in [4.78, 5) is 24.0. The van der Waals surface area contributed by atoms with Gasteiger partial charge in [0.2, 0.25) is 0 Å². The molecule has 0 spiro atoms. The number of amides is 2. The van der Waals surface area contributed by atoms with Crippen molar-refractivity contribution in [2.45, 2.75) is 0 Å². The van der Waals surface area contributed by atoms with Crippen LogP contribution in [0.2, 0.25) is 0 Å². The third-order valence-corrected chi connectivity index (χ3v) is 4.82. The highest BCUT2D eigenvalue weighted by Crippen LogP contribution is 2.26. The first-order valence-electron chi connectivity index (χ1n) is 9.62. The zero-order chi connectivity index (χ0) is 22.5. The van der Waals surface area contributed by atoms with Gasteiger partial charge in [0.25, 0.3) is 0 Å². The summed E-state index contributed by atoms with van der Waals surface area (Å²) in [6.45, 7) is 0. The number of carbonyl (C=O) groups excluding carboxylic acids is 2. The summed E-state index contributed by atoms with van der Waals surface area (Å²) in [7, 11) is 0. The van der Waals surface area contributed by atoms with Crippen LogP contribution in [-0.4, -0.2) is 34.5 Å². The predicted octanol–water partition coefficient (Wildman–Crippen LogP) is 3.00. The number of nitrogens with zero attached hydrogens (tertiary/aromatic N) is 2. The van der Waals surface area contributed by atoms with Gasteiger partial charge in [0.1, 0.15) is 11.5 Å². The van der Waals surface area contributed by atoms with E-state index in [1.807, 2.05) is 48.5 Å². The number of aromatic hydroxyl groups is 2. The van der Waals surface area contributed by atoms with Gasteiger partial charge in [-0.25, -0.2) is 10.9 Å². The van der Waals surface area contributed by atoms with Gasteiger partial charge in [-0.1, -0.05) is 60.7 Å². The molecule has 4 rings (SSSR count). The molecule has 0 saturated carbocycles. The molecule has 8 nitrogen and oxygen atoms in total. The van der Waals surface area contributed by atoms with Crippen LogP contribution >= 0.6 is 0 Å². The highest BCUT2D eigenvalue weighted by Gasteiger charge is 2.12. The molecule has 0 fully saturated rings. The molecule has 0 radical (unpaired) electrons. The molecule has 4 aromatic rings. The molecule has 32 heavy (non-hydrogen) atoms. The minimum Gasteiger partial charge on any atom is -0.507 e. The number of fused-ring (bicyclic) bond motifs is 2. The van der Waals surface area contributed by atoms with Crippen LogP contribution in [-0.2, 0) is 9.59 Å². The molecule has 158 valence electrons. The van der Waals surface area contributed by atoms with Gasteiger partial charge in [0.15, 0.2) is 0 Å². The number of hydrogen-bond acceptors (Lipinski definition) is 6. The first-order chi connectivity index (χ1) is 15.5. The summed E-state index contributed by atoms with van der Waals surface area (Å²) < 4.78 is 0. The normalized spacial score (nSPS) is 11.4. The molecular formula is C24H18N4O4. The minimum atomic E-state index is -1.04. The second-order valence-corrected chi connectivity index (χ2v) is 6.84. The van der Waals surface area contributed by atoms with Crippen LogP contribution in [0, 0.1) is 0 Å². The molecule has 0 heterocycles. The Hall–Kier alpha value is -4.72. The number of hydrogen-bond donors (Lipinski definition) is 4. The number of phenols is 2. The summed E-state index contributed by atoms with van der Waals surface area (Å²) in [6.07, 6.45) is 2.53. The third kappa shape index (κ3) is 4.24. The number of carbonyl (C=O) groups is 2. The van der Waals surface area contributed by atoms with Gasteiger partial charge in [-0.2, -0.15) is 10.2 Å². The zero-order valence-electron chi connectivity index (χ0n) is 16.7. The van der Waals surface area contributed by atoms with Crippen molar-refractivity contribution in [3.63, 3.8) is 0 Å². The second-order valence-electron chi connectivity index (χ2n) is 6.84. The highest BCUT2D eigenvalue weighted by atomic mass is 16.3. The lowest BCUT2D eigenvalue weighted by Crippen LogP contribution is -2.35. The van der Waals surface area contributed by atoms with Crippen molar-refractivity contribution in [3.8, 4) is 11.5 Å². The number of hydrazone groups is 2. The molecule has 0 bridgehead atoms. The van der Waals surface area contributed by atoms with E-state index in [1.165, 1.54) is 24.6 Å². The Morgan fingerprint density at radius 1 is 0.625 bits per heavy atom. The van der Waals surface area contributed by atoms with Crippen molar-refractivity contribution >= 4 is 45.8 Å². The number of nitrogens with one attached hydrogen (secondary N) is 2. The van der Waals surface area contributed by atoms with Crippen molar-refractivity contribution in [1.29, 1.82) is 0 Å². The molecule has 0 saturated heterocycles. The summed E-state index contributed by atoms with van der Waals surface area (Å²) in [5, 5.41) is 31.0. The van der Waals surface area contributed by atoms with Crippen LogP contribution in [0.3, 0.4) is 0 Å². The lowest BCUT2D eigenvalue weighted by molar-refractivity contribution is -0.139. The molecule has 0 atom stereocenters. The van der Waals surface area contributed by atoms with Gasteiger partial charge in [-0.05, 0) is 33.7 Å². The third-order valence-electron chi connectivity index (χ3n) is 4.82. The largest absolute Gasteiger partial charge is 0.507 e. The molecule has 0 aliphatic rings. The Bertz CT molecular complexity index is 1290. The summed E-state index contributed by atoms with van der Waals surface area (Å²) in [5.74, 6) is -2.10. The molecule has 8 heteroatoms. The predicted molar refractivity (Wildman–Crippen MR) is 123 cm³/mol. The molecule has 4 aromatic carbocycles. The number of benzene rings is 4. The van der Waals surface area contributed by atoms with Crippen LogP contribution in [0.15, 0.2) is 83.0 Å². The van der Waals surface area contributed by atoms with E-state index in [9.17, 15) is 19.8 Å². The first kappa shape index (κ1) is 20.5. The van der Waals surface area contributed by atoms with E-state index in [0.717, 1.165) is 21.5 Å². The van der Waals surface area contributed by atoms with E-state index < -0.39 is 11.8 Å². The fourth-order valence-electron chi connectivity index (χ4n) is 3.25. The molecule has 4 N–H and O–H groups in total. The second kappa shape index (κ2) is 8.97. The van der Waals surface area contributed by atoms with Crippen molar-refractivity contribution in [3.05, 3.63) is 83.9 Å². The maximum Gasteiger partial charge on any atom is 0.331 e. The van der Waals surface area contributed by atoms with Gasteiger partial charge in [0.05, 0.1) is 12.4 Å². The van der Waals surface area contributed by atoms with E-state index in [4.69, 9.17) is 0 Å². The van der Waals surface area contributed by atoms with Crippen molar-refractivity contribution in [2.75, 3.05) is 0 Å². The molecule has 0 unspecified atom stereocenters. The zero-order valence-corrected chi connectivity index (χ0v) is 16.7. The Morgan fingerprint density at radius 2 is 1.03 bits per heavy atom. The van der Waals surface area contributed by atoms with E-state index in [2.05, 4.69) is 21.1 Å². The van der Waals surface area contributed by atoms with Crippen LogP contribution in [0.1, 0.15) is 11.1 Å². The van der Waals surface area contributed by atoms with Gasteiger partial charge in [0, 0.05) is 11.1 Å². The van der Waals surface area contributed by atoms with Crippen LogP contribution in [0.25, 0.3) is 21.5 Å². The van der Waals surface area contributed by atoms with E-state index in [1.54, 1.807) is 12.1 Å². The minimum absolute atomic E-state index is 0.00866. The Kier molecular flexibility index (Phi) is 5.76. The standard InChI is InChI=1S/C24H18N4O4/c29-21-11-9-15-5-1-3-7-17(15)19(21)13-25-27-23(31)24(32)28-26-14-20-18-8-4-2-6-16(18)10-12-22(20)30/h1-14,29-30H,(H,27,31)(H,28,32)/b25-13-,26-14+. The van der Waals surface area contributed by atoms with Crippen LogP contribution < -0.4 is 10.9 Å². The molecule has 0 aliphatic carbocycles. The van der Waals surface area contributed by atoms with Crippen molar-refractivity contribution < 1.29 is 19.8 Å². The number of phenolic OH excluding ortho intramolecular Hbond substituents is 2. The lowest BCUT2D eigenvalue weighted by Gasteiger charge is -2.05. The topological polar surface area (TPSA) is 123 Å². The van der Waals surface area contributed by atoms with E-state index in [-0.39, 0.29) is 11.5 Å². The van der Waals surface area contributed by atoms with Crippen LogP contribution in [0.5, 0.6) is 11.5 Å². The molecule has 2 amide bonds. The fourth-order valence-corrected chi connectivity index (χ4v) is 3.25. The Labute approximate surface area is 182 Å². The smallest absolute Gasteiger partial charge is 0.331 e. The first-order valence-corrected chi connectivity index (χ1v) is 9.62. The monoisotopic (exact) mass is 426 g/mol. The fraction of sp³-hybridized carbons (Fsp3) is 0. The lowest BCUT2D eigenvalue weighted by atomic mass is 10.0. The quantitative estimate of drug-likeness (QED) is 0.228. The van der Waals surface area contributed by atoms with Crippen LogP contribution in [0.4, 0.5) is 0 Å². The highest BCUT2D eigenvalue weighted by molar-refractivity contribution is 6.35. The van der Waals surface area contributed by atoms with Crippen molar-refractivity contribution in [1.82, 2.24) is 10.9 Å². The summed E-state index contributed by atoms with van der Waals surface area (Å²) in [5.41, 5.74) is 5.01. The maximum absolute atomic E-state index is 12.0. The van der Waals surface area contributed by atoms with Crippen molar-refractivity contribution in [2.24, 2.45) is 10.2 Å². The van der Waals surface area contributed by atoms with Gasteiger partial charge >= 0.3 is 11.8 Å². The van der Waals surface area contributed by atoms with Gasteiger partial charge in [-0.3, -0.25) is 9.59 Å². The average Bonchev–Trinajstić information content (AvgIpc) is 2.81. The SMILES string of the molecule is O=C(N/N=C\c1c(O)ccc2ccccc12)C(=O)N/N=C/c1c(O)ccc2ccccc12. The molecule has 0 aliphatic heterocycles.